The number of hydrogen-bond acceptors (Lipinski definition) is 2. The summed E-state index contributed by atoms with van der Waals surface area (Å²) in [6.45, 7) is 22.2. The molecule has 0 aliphatic carbocycles. The topological polar surface area (TPSA) is 26.3 Å². The molecule has 0 heterocycles. The van der Waals surface area contributed by atoms with E-state index in [2.05, 4.69) is 41.5 Å². The van der Waals surface area contributed by atoms with Crippen molar-refractivity contribution in [1.29, 1.82) is 0 Å². The van der Waals surface area contributed by atoms with Gasteiger partial charge in [0.15, 0.2) is 0 Å². The Kier molecular flexibility index (Phi) is 18.8. The van der Waals surface area contributed by atoms with Crippen molar-refractivity contribution in [2.24, 2.45) is 0 Å². The lowest BCUT2D eigenvalue weighted by Gasteiger charge is -2.36. The molecule has 0 aromatic rings. The van der Waals surface area contributed by atoms with Gasteiger partial charge >= 0.3 is 5.97 Å². The Morgan fingerprint density at radius 1 is 0.696 bits per heavy atom. The van der Waals surface area contributed by atoms with Gasteiger partial charge in [-0.15, -0.1) is 0 Å². The van der Waals surface area contributed by atoms with Gasteiger partial charge in [-0.05, 0) is 41.5 Å². The maximum Gasteiger partial charge on any atom is 0.311 e. The van der Waals surface area contributed by atoms with Crippen LogP contribution in [0.4, 0.5) is 0 Å². The number of carbonyl (C=O) groups is 1. The molecule has 0 N–H and O–H groups in total. The van der Waals surface area contributed by atoms with Gasteiger partial charge in [-0.2, -0.15) is 0 Å². The lowest BCUT2D eigenvalue weighted by molar-refractivity contribution is -0.923. The Hall–Kier alpha value is 0.850. The average molecular weight is 556 g/mol. The van der Waals surface area contributed by atoms with E-state index >= 15 is 0 Å². The van der Waals surface area contributed by atoms with E-state index in [0.29, 0.717) is 13.0 Å². The Bertz CT molecular complexity index is 278. The van der Waals surface area contributed by atoms with Crippen LogP contribution in [0.25, 0.3) is 0 Å². The normalized spacial score (nSPS) is 11.4. The highest BCUT2D eigenvalue weighted by Gasteiger charge is 2.24. The van der Waals surface area contributed by atoms with Crippen LogP contribution >= 0.6 is 0 Å². The zero-order valence-corrected chi connectivity index (χ0v) is 20.4. The van der Waals surface area contributed by atoms with Crippen LogP contribution in [0, 0.1) is 0 Å². The van der Waals surface area contributed by atoms with Crippen molar-refractivity contribution in [3.8, 4) is 0 Å². The fourth-order valence-corrected chi connectivity index (χ4v) is 3.04. The third-order valence-corrected chi connectivity index (χ3v) is 5.64. The van der Waals surface area contributed by atoms with E-state index in [9.17, 15) is 4.79 Å². The van der Waals surface area contributed by atoms with Crippen LogP contribution in [0.2, 0.25) is 0 Å². The molecule has 6 heteroatoms. The minimum atomic E-state index is -0.0331. The van der Waals surface area contributed by atoms with Gasteiger partial charge in [0.1, 0.15) is 13.2 Å². The van der Waals surface area contributed by atoms with Crippen molar-refractivity contribution < 1.29 is 66.5 Å². The number of quaternary nitrogens is 2. The molecule has 0 rings (SSSR count). The molecular formula is C17H38I2N2O2. The summed E-state index contributed by atoms with van der Waals surface area (Å²) in [4.78, 5) is 11.9. The van der Waals surface area contributed by atoms with Gasteiger partial charge in [-0.1, -0.05) is 0 Å². The minimum Gasteiger partial charge on any atom is -1.00 e. The monoisotopic (exact) mass is 556 g/mol. The number of rotatable bonds is 12. The highest BCUT2D eigenvalue weighted by molar-refractivity contribution is 5.69. The summed E-state index contributed by atoms with van der Waals surface area (Å²) in [5.41, 5.74) is 0. The standard InChI is InChI=1S/C17H38N2O2.2HI/c1-7-18(8-2,9-3)14-13-17(20)21-16-15-19(10-4,11-5)12-6;;/h7-16H2,1-6H3;2*1H/q+2;;/p-2. The van der Waals surface area contributed by atoms with Crippen LogP contribution < -0.4 is 48.0 Å². The van der Waals surface area contributed by atoms with Crippen molar-refractivity contribution in [2.45, 2.75) is 48.0 Å². The molecule has 0 fully saturated rings. The van der Waals surface area contributed by atoms with E-state index < -0.39 is 0 Å². The first kappa shape index (κ1) is 28.6. The zero-order valence-electron chi connectivity index (χ0n) is 16.0. The van der Waals surface area contributed by atoms with Crippen molar-refractivity contribution in [1.82, 2.24) is 0 Å². The van der Waals surface area contributed by atoms with Gasteiger partial charge in [0, 0.05) is 0 Å². The Morgan fingerprint density at radius 2 is 1.04 bits per heavy atom. The second kappa shape index (κ2) is 15.1. The number of ether oxygens (including phenoxy) is 1. The molecule has 142 valence electrons. The quantitative estimate of drug-likeness (QED) is 0.143. The summed E-state index contributed by atoms with van der Waals surface area (Å²) < 4.78 is 7.51. The van der Waals surface area contributed by atoms with Crippen LogP contribution in [-0.2, 0) is 9.53 Å². The largest absolute Gasteiger partial charge is 1.00 e. The summed E-state index contributed by atoms with van der Waals surface area (Å²) in [6.07, 6.45) is 0.542. The molecule has 0 amide bonds. The maximum atomic E-state index is 11.9. The predicted octanol–water partition coefficient (Wildman–Crippen LogP) is -3.32. The van der Waals surface area contributed by atoms with E-state index in [1.54, 1.807) is 0 Å². The zero-order chi connectivity index (χ0) is 16.4. The van der Waals surface area contributed by atoms with Gasteiger partial charge in [0.05, 0.1) is 52.2 Å². The molecule has 23 heavy (non-hydrogen) atoms. The number of likely N-dealkylation sites (N-methyl/N-ethyl adjacent to an activating group) is 1. The molecule has 0 atom stereocenters. The third-order valence-electron chi connectivity index (χ3n) is 5.64. The highest BCUT2D eigenvalue weighted by atomic mass is 127. The fraction of sp³-hybridized carbons (Fsp3) is 0.941. The number of nitrogens with zero attached hydrogens (tertiary/aromatic N) is 2. The number of esters is 1. The van der Waals surface area contributed by atoms with E-state index in [-0.39, 0.29) is 53.9 Å². The van der Waals surface area contributed by atoms with Crippen LogP contribution in [0.1, 0.15) is 48.0 Å². The van der Waals surface area contributed by atoms with E-state index in [4.69, 9.17) is 4.74 Å². The van der Waals surface area contributed by atoms with E-state index in [1.165, 1.54) is 0 Å². The second-order valence-electron chi connectivity index (χ2n) is 6.00. The van der Waals surface area contributed by atoms with E-state index in [0.717, 1.165) is 61.3 Å². The molecule has 0 unspecified atom stereocenters. The molecule has 0 aliphatic rings. The molecule has 0 bridgehead atoms. The van der Waals surface area contributed by atoms with Crippen molar-refractivity contribution in [3.63, 3.8) is 0 Å². The molecule has 0 aromatic heterocycles. The Morgan fingerprint density at radius 3 is 1.39 bits per heavy atom. The van der Waals surface area contributed by atoms with Gasteiger partial charge in [0.2, 0.25) is 0 Å². The van der Waals surface area contributed by atoms with Crippen LogP contribution in [0.5, 0.6) is 0 Å². The second-order valence-corrected chi connectivity index (χ2v) is 6.00. The average Bonchev–Trinajstić information content (AvgIpc) is 2.54. The molecule has 0 saturated carbocycles. The number of carbonyl (C=O) groups excluding carboxylic acids is 1. The molecule has 0 saturated heterocycles. The van der Waals surface area contributed by atoms with Crippen molar-refractivity contribution in [2.75, 3.05) is 59.0 Å². The van der Waals surface area contributed by atoms with Crippen LogP contribution in [0.3, 0.4) is 0 Å². The summed E-state index contributed by atoms with van der Waals surface area (Å²) in [5, 5.41) is 0. The van der Waals surface area contributed by atoms with Crippen LogP contribution in [0.15, 0.2) is 0 Å². The number of halogens is 2. The van der Waals surface area contributed by atoms with Crippen molar-refractivity contribution >= 4 is 5.97 Å². The van der Waals surface area contributed by atoms with E-state index in [1.807, 2.05) is 0 Å². The molecular weight excluding hydrogens is 518 g/mol. The summed E-state index contributed by atoms with van der Waals surface area (Å²) in [6, 6.07) is 0. The lowest BCUT2D eigenvalue weighted by Crippen LogP contribution is -3.00. The molecule has 0 radical (unpaired) electrons. The molecule has 4 nitrogen and oxygen atoms in total. The summed E-state index contributed by atoms with van der Waals surface area (Å²) in [7, 11) is 0. The van der Waals surface area contributed by atoms with Gasteiger partial charge in [-0.3, -0.25) is 4.79 Å². The van der Waals surface area contributed by atoms with Gasteiger partial charge < -0.3 is 61.7 Å². The molecule has 0 spiro atoms. The Balaban J connectivity index is -0.00000200. The first-order valence-electron chi connectivity index (χ1n) is 8.82. The van der Waals surface area contributed by atoms with Crippen molar-refractivity contribution in [3.05, 3.63) is 0 Å². The first-order valence-corrected chi connectivity index (χ1v) is 8.82. The summed E-state index contributed by atoms with van der Waals surface area (Å²) >= 11 is 0. The minimum absolute atomic E-state index is 0. The smallest absolute Gasteiger partial charge is 0.311 e. The third kappa shape index (κ3) is 9.79. The summed E-state index contributed by atoms with van der Waals surface area (Å²) in [5.74, 6) is -0.0331. The van der Waals surface area contributed by atoms with Gasteiger partial charge in [-0.25, -0.2) is 0 Å². The fourth-order valence-electron chi connectivity index (χ4n) is 3.04. The maximum absolute atomic E-state index is 11.9. The molecule has 0 aromatic carbocycles. The Labute approximate surface area is 178 Å². The lowest BCUT2D eigenvalue weighted by atomic mass is 10.3. The molecule has 0 aliphatic heterocycles. The van der Waals surface area contributed by atoms with Crippen LogP contribution in [-0.4, -0.2) is 73.9 Å². The highest BCUT2D eigenvalue weighted by Crippen LogP contribution is 2.09. The van der Waals surface area contributed by atoms with Gasteiger partial charge in [0.25, 0.3) is 0 Å². The SMILES string of the molecule is CC[N+](CC)(CC)CCOC(=O)CC[N+](CC)(CC)CC.[I-].[I-]. The predicted molar refractivity (Wildman–Crippen MR) is 89.1 cm³/mol. The first-order chi connectivity index (χ1) is 9.96. The number of hydrogen-bond donors (Lipinski definition) is 0.